The fraction of sp³-hybridized carbons (Fsp3) is 0.0625. The van der Waals surface area contributed by atoms with Crippen LogP contribution in [-0.4, -0.2) is 18.9 Å². The van der Waals surface area contributed by atoms with Gasteiger partial charge in [0.2, 0.25) is 0 Å². The smallest absolute Gasteiger partial charge is 0.265 e. The molecule has 0 radical (unpaired) electrons. The molecule has 1 aromatic carbocycles. The van der Waals surface area contributed by atoms with Crippen molar-refractivity contribution in [1.82, 2.24) is 4.57 Å². The van der Waals surface area contributed by atoms with Crippen molar-refractivity contribution in [3.05, 3.63) is 70.2 Å². The Morgan fingerprint density at radius 3 is 2.38 bits per heavy atom. The summed E-state index contributed by atoms with van der Waals surface area (Å²) >= 11 is 12.0. The van der Waals surface area contributed by atoms with Gasteiger partial charge in [-0.1, -0.05) is 29.3 Å². The van der Waals surface area contributed by atoms with Crippen molar-refractivity contribution in [3.8, 4) is 0 Å². The molecule has 0 saturated carbocycles. The number of amides is 1. The van der Waals surface area contributed by atoms with E-state index in [2.05, 4.69) is 4.72 Å². The molecule has 7 nitrogen and oxygen atoms in total. The lowest BCUT2D eigenvalue weighted by molar-refractivity contribution is 0.0992. The van der Waals surface area contributed by atoms with Crippen LogP contribution in [0.3, 0.4) is 0 Å². The molecule has 0 aliphatic rings. The van der Waals surface area contributed by atoms with Gasteiger partial charge in [0.25, 0.3) is 15.9 Å². The zero-order valence-corrected chi connectivity index (χ0v) is 15.5. The summed E-state index contributed by atoms with van der Waals surface area (Å²) in [6.45, 7) is 0.104. The van der Waals surface area contributed by atoms with Gasteiger partial charge >= 0.3 is 0 Å². The lowest BCUT2D eigenvalue weighted by atomic mass is 10.4. The summed E-state index contributed by atoms with van der Waals surface area (Å²) in [4.78, 5) is 11.4. The average molecular weight is 414 g/mol. The van der Waals surface area contributed by atoms with Crippen LogP contribution in [0.25, 0.3) is 0 Å². The Labute approximate surface area is 159 Å². The van der Waals surface area contributed by atoms with Crippen LogP contribution in [0, 0.1) is 0 Å². The summed E-state index contributed by atoms with van der Waals surface area (Å²) < 4.78 is 34.5. The quantitative estimate of drug-likeness (QED) is 0.645. The maximum atomic E-state index is 12.7. The third kappa shape index (κ3) is 3.57. The number of primary amides is 1. The number of carbonyl (C=O) groups excluding carboxylic acids is 1. The average Bonchev–Trinajstić information content (AvgIpc) is 3.18. The highest BCUT2D eigenvalue weighted by Gasteiger charge is 2.24. The van der Waals surface area contributed by atoms with Crippen LogP contribution in [0.15, 0.2) is 58.0 Å². The van der Waals surface area contributed by atoms with Crippen LogP contribution in [0.5, 0.6) is 0 Å². The third-order valence-corrected chi connectivity index (χ3v) is 5.86. The second-order valence-corrected chi connectivity index (χ2v) is 7.72. The molecule has 0 bridgehead atoms. The highest BCUT2D eigenvalue weighted by Crippen LogP contribution is 2.31. The van der Waals surface area contributed by atoms with E-state index < -0.39 is 15.9 Å². The normalized spacial score (nSPS) is 11.5. The fourth-order valence-corrected chi connectivity index (χ4v) is 4.64. The van der Waals surface area contributed by atoms with E-state index in [0.29, 0.717) is 5.76 Å². The Kier molecular flexibility index (Phi) is 4.99. The van der Waals surface area contributed by atoms with Gasteiger partial charge in [0.05, 0.1) is 22.9 Å². The fourth-order valence-electron chi connectivity index (χ4n) is 2.43. The molecule has 0 spiro atoms. The maximum Gasteiger partial charge on any atom is 0.265 e. The van der Waals surface area contributed by atoms with E-state index in [4.69, 9.17) is 33.4 Å². The molecule has 0 atom stereocenters. The Balaban J connectivity index is 2.03. The van der Waals surface area contributed by atoms with Crippen molar-refractivity contribution in [2.24, 2.45) is 5.73 Å². The summed E-state index contributed by atoms with van der Waals surface area (Å²) in [5.74, 6) is -0.0797. The maximum absolute atomic E-state index is 12.7. The molecule has 0 saturated heterocycles. The lowest BCUT2D eigenvalue weighted by Crippen LogP contribution is -2.21. The Morgan fingerprint density at radius 1 is 1.12 bits per heavy atom. The molecule has 1 amide bonds. The first-order chi connectivity index (χ1) is 12.3. The van der Waals surface area contributed by atoms with Crippen LogP contribution in [0.1, 0.15) is 16.2 Å². The first-order valence-corrected chi connectivity index (χ1v) is 9.52. The number of sulfonamides is 1. The molecular weight excluding hydrogens is 401 g/mol. The van der Waals surface area contributed by atoms with Gasteiger partial charge in [-0.2, -0.15) is 0 Å². The van der Waals surface area contributed by atoms with Gasteiger partial charge in [-0.3, -0.25) is 9.52 Å². The van der Waals surface area contributed by atoms with Crippen LogP contribution in [0.4, 0.5) is 5.82 Å². The van der Waals surface area contributed by atoms with Gasteiger partial charge in [-0.05, 0) is 36.4 Å². The van der Waals surface area contributed by atoms with Crippen molar-refractivity contribution < 1.29 is 17.6 Å². The number of hydrogen-bond acceptors (Lipinski definition) is 4. The summed E-state index contributed by atoms with van der Waals surface area (Å²) in [5.41, 5.74) is 5.49. The second kappa shape index (κ2) is 7.06. The van der Waals surface area contributed by atoms with Crippen molar-refractivity contribution in [2.75, 3.05) is 4.72 Å². The number of nitrogens with one attached hydrogen (secondary N) is 1. The SMILES string of the molecule is NC(=O)c1ccc(NS(=O)(=O)c2c(Cl)cccc2Cl)n1Cc1ccco1. The molecule has 3 rings (SSSR count). The molecular formula is C16H13Cl2N3O4S. The highest BCUT2D eigenvalue weighted by molar-refractivity contribution is 7.93. The van der Waals surface area contributed by atoms with Gasteiger partial charge in [-0.15, -0.1) is 0 Å². The number of aromatic nitrogens is 1. The molecule has 26 heavy (non-hydrogen) atoms. The monoisotopic (exact) mass is 413 g/mol. The molecule has 2 heterocycles. The van der Waals surface area contributed by atoms with Crippen molar-refractivity contribution >= 4 is 45.0 Å². The number of hydrogen-bond donors (Lipinski definition) is 2. The van der Waals surface area contributed by atoms with Crippen molar-refractivity contribution in [3.63, 3.8) is 0 Å². The molecule has 2 aromatic heterocycles. The largest absolute Gasteiger partial charge is 0.467 e. The van der Waals surface area contributed by atoms with Gasteiger partial charge in [0.1, 0.15) is 22.2 Å². The zero-order valence-electron chi connectivity index (χ0n) is 13.1. The summed E-state index contributed by atoms with van der Waals surface area (Å²) in [7, 11) is -4.11. The predicted octanol–water partition coefficient (Wildman–Crippen LogP) is 3.34. The summed E-state index contributed by atoms with van der Waals surface area (Å²) in [6.07, 6.45) is 1.47. The minimum absolute atomic E-state index is 0.0238. The number of rotatable bonds is 6. The van der Waals surface area contributed by atoms with E-state index in [0.717, 1.165) is 0 Å². The first kappa shape index (κ1) is 18.4. The molecule has 0 fully saturated rings. The van der Waals surface area contributed by atoms with E-state index >= 15 is 0 Å². The number of nitrogens with zero attached hydrogens (tertiary/aromatic N) is 1. The van der Waals surface area contributed by atoms with Crippen molar-refractivity contribution in [2.45, 2.75) is 11.4 Å². The summed E-state index contributed by atoms with van der Waals surface area (Å²) in [6, 6.07) is 10.6. The number of furan rings is 1. The van der Waals surface area contributed by atoms with E-state index in [1.165, 1.54) is 41.2 Å². The summed E-state index contributed by atoms with van der Waals surface area (Å²) in [5, 5.41) is -0.0477. The van der Waals surface area contributed by atoms with Gasteiger partial charge in [0.15, 0.2) is 0 Å². The van der Waals surface area contributed by atoms with E-state index in [1.807, 2.05) is 0 Å². The van der Waals surface area contributed by atoms with Gasteiger partial charge in [-0.25, -0.2) is 8.42 Å². The molecule has 3 N–H and O–H groups in total. The molecule has 136 valence electrons. The van der Waals surface area contributed by atoms with Crippen molar-refractivity contribution in [1.29, 1.82) is 0 Å². The van der Waals surface area contributed by atoms with E-state index in [1.54, 1.807) is 12.1 Å². The predicted molar refractivity (Wildman–Crippen MR) is 98.0 cm³/mol. The van der Waals surface area contributed by atoms with Crippen LogP contribution < -0.4 is 10.5 Å². The zero-order chi connectivity index (χ0) is 18.9. The van der Waals surface area contributed by atoms with Gasteiger partial charge in [0, 0.05) is 0 Å². The highest BCUT2D eigenvalue weighted by atomic mass is 35.5. The lowest BCUT2D eigenvalue weighted by Gasteiger charge is -2.14. The van der Waals surface area contributed by atoms with E-state index in [-0.39, 0.29) is 33.0 Å². The second-order valence-electron chi connectivity index (χ2n) is 5.29. The number of carbonyl (C=O) groups is 1. The number of nitrogens with two attached hydrogens (primary N) is 1. The Morgan fingerprint density at radius 2 is 1.81 bits per heavy atom. The van der Waals surface area contributed by atoms with Crippen LogP contribution >= 0.6 is 23.2 Å². The Bertz CT molecular complexity index is 1040. The van der Waals surface area contributed by atoms with Crippen LogP contribution in [0.2, 0.25) is 10.0 Å². The molecule has 3 aromatic rings. The number of halogens is 2. The minimum Gasteiger partial charge on any atom is -0.467 e. The van der Waals surface area contributed by atoms with Gasteiger partial charge < -0.3 is 14.7 Å². The van der Waals surface area contributed by atoms with E-state index in [9.17, 15) is 13.2 Å². The number of anilines is 1. The molecule has 10 heteroatoms. The number of benzene rings is 1. The molecule has 0 aliphatic heterocycles. The Hall–Kier alpha value is -2.42. The molecule has 0 aliphatic carbocycles. The topological polar surface area (TPSA) is 107 Å². The molecule has 0 unspecified atom stereocenters. The minimum atomic E-state index is -4.11. The third-order valence-electron chi connectivity index (χ3n) is 3.55. The standard InChI is InChI=1S/C16H13Cl2N3O4S/c17-11-4-1-5-12(18)15(11)26(23,24)20-14-7-6-13(16(19)22)21(14)9-10-3-2-8-25-10/h1-8,20H,9H2,(H2,19,22). The first-order valence-electron chi connectivity index (χ1n) is 7.28. The van der Waals surface area contributed by atoms with Crippen LogP contribution in [-0.2, 0) is 16.6 Å².